The number of carbonyl (C=O) groups excluding carboxylic acids is 2. The summed E-state index contributed by atoms with van der Waals surface area (Å²) in [5.41, 5.74) is -1.66. The number of nitrogens with one attached hydrogen (secondary N) is 1. The van der Waals surface area contributed by atoms with Crippen LogP contribution in [0.5, 0.6) is 0 Å². The number of sulfone groups is 1. The molecule has 0 bridgehead atoms. The fraction of sp³-hybridized carbons (Fsp3) is 0.400. The highest BCUT2D eigenvalue weighted by Gasteiger charge is 2.57. The largest absolute Gasteiger partial charge is 0.425 e. The number of hydrogen-bond acceptors (Lipinski definition) is 6. The second kappa shape index (κ2) is 9.15. The Morgan fingerprint density at radius 1 is 1.11 bits per heavy atom. The lowest BCUT2D eigenvalue weighted by molar-refractivity contribution is -0.140. The highest BCUT2D eigenvalue weighted by atomic mass is 35.5. The number of halogens is 3. The van der Waals surface area contributed by atoms with E-state index >= 15 is 0 Å². The minimum atomic E-state index is -4.00. The van der Waals surface area contributed by atoms with Crippen LogP contribution in [0.25, 0.3) is 0 Å². The molecule has 3 fully saturated rings. The SMILES string of the molecule is N#CC1(NC(=O)O[C@H]2C[C@@H](S(=O)(=O)c3ccccc3Cl)CN2C(=O)C2(c3ccc(Cl)c(F)c3)CC2)CC1. The first-order valence-electron chi connectivity index (χ1n) is 11.7. The van der Waals surface area contributed by atoms with Gasteiger partial charge in [-0.2, -0.15) is 5.26 Å². The Kier molecular flexibility index (Phi) is 6.37. The fourth-order valence-electron chi connectivity index (χ4n) is 4.73. The zero-order valence-corrected chi connectivity index (χ0v) is 21.7. The summed E-state index contributed by atoms with van der Waals surface area (Å²) >= 11 is 12.0. The van der Waals surface area contributed by atoms with Crippen LogP contribution in [0, 0.1) is 17.1 Å². The summed E-state index contributed by atoms with van der Waals surface area (Å²) in [7, 11) is -4.00. The monoisotopic (exact) mass is 565 g/mol. The zero-order valence-electron chi connectivity index (χ0n) is 19.4. The van der Waals surface area contributed by atoms with Gasteiger partial charge in [-0.1, -0.05) is 41.4 Å². The summed E-state index contributed by atoms with van der Waals surface area (Å²) in [5.74, 6) is -1.14. The Labute approximate surface area is 223 Å². The van der Waals surface area contributed by atoms with Crippen LogP contribution in [0.3, 0.4) is 0 Å². The van der Waals surface area contributed by atoms with E-state index < -0.39 is 50.1 Å². The normalized spacial score (nSPS) is 23.1. The van der Waals surface area contributed by atoms with E-state index in [1.807, 2.05) is 6.07 Å². The highest BCUT2D eigenvalue weighted by Crippen LogP contribution is 2.51. The first-order chi connectivity index (χ1) is 17.5. The van der Waals surface area contributed by atoms with Crippen molar-refractivity contribution in [3.8, 4) is 6.07 Å². The molecule has 2 aromatic carbocycles. The zero-order chi connectivity index (χ0) is 26.6. The van der Waals surface area contributed by atoms with Crippen molar-refractivity contribution in [3.63, 3.8) is 0 Å². The molecule has 0 aromatic heterocycles. The Balaban J connectivity index is 1.45. The van der Waals surface area contributed by atoms with Crippen molar-refractivity contribution in [1.29, 1.82) is 5.26 Å². The molecule has 2 aromatic rings. The summed E-state index contributed by atoms with van der Waals surface area (Å²) in [6.45, 7) is -0.244. The molecule has 0 radical (unpaired) electrons. The number of benzene rings is 2. The first-order valence-corrected chi connectivity index (χ1v) is 14.0. The van der Waals surface area contributed by atoms with Crippen LogP contribution in [0.2, 0.25) is 10.0 Å². The minimum Gasteiger partial charge on any atom is -0.425 e. The number of alkyl carbamates (subject to hydrolysis) is 1. The van der Waals surface area contributed by atoms with E-state index in [-0.39, 0.29) is 27.9 Å². The van der Waals surface area contributed by atoms with E-state index in [4.69, 9.17) is 27.9 Å². The number of nitrogens with zero attached hydrogens (tertiary/aromatic N) is 2. The van der Waals surface area contributed by atoms with Crippen LogP contribution in [-0.2, 0) is 24.8 Å². The van der Waals surface area contributed by atoms with Gasteiger partial charge in [-0.15, -0.1) is 0 Å². The molecule has 8 nitrogen and oxygen atoms in total. The highest BCUT2D eigenvalue weighted by molar-refractivity contribution is 7.92. The number of carbonyl (C=O) groups is 2. The average molecular weight is 566 g/mol. The molecule has 37 heavy (non-hydrogen) atoms. The van der Waals surface area contributed by atoms with Crippen LogP contribution in [0.15, 0.2) is 47.4 Å². The maximum Gasteiger partial charge on any atom is 0.410 e. The van der Waals surface area contributed by atoms with Gasteiger partial charge >= 0.3 is 6.09 Å². The third-order valence-electron chi connectivity index (χ3n) is 7.24. The molecule has 1 N–H and O–H groups in total. The lowest BCUT2D eigenvalue weighted by atomic mass is 9.94. The van der Waals surface area contributed by atoms with Crippen LogP contribution in [0.4, 0.5) is 9.18 Å². The molecular weight excluding hydrogens is 544 g/mol. The van der Waals surface area contributed by atoms with Gasteiger partial charge in [0.25, 0.3) is 0 Å². The van der Waals surface area contributed by atoms with Gasteiger partial charge in [0.2, 0.25) is 5.91 Å². The van der Waals surface area contributed by atoms with Crippen LogP contribution in [-0.4, -0.2) is 48.9 Å². The lowest BCUT2D eigenvalue weighted by Crippen LogP contribution is -2.47. The molecule has 5 rings (SSSR count). The molecule has 1 heterocycles. The topological polar surface area (TPSA) is 117 Å². The molecule has 2 amide bonds. The van der Waals surface area contributed by atoms with Crippen molar-refractivity contribution in [1.82, 2.24) is 10.2 Å². The Morgan fingerprint density at radius 3 is 2.41 bits per heavy atom. The van der Waals surface area contributed by atoms with Gasteiger partial charge in [0.05, 0.1) is 31.7 Å². The molecular formula is C25H22Cl2FN3O5S. The first kappa shape index (κ1) is 25.8. The van der Waals surface area contributed by atoms with E-state index in [9.17, 15) is 27.7 Å². The van der Waals surface area contributed by atoms with Gasteiger partial charge in [0.15, 0.2) is 16.1 Å². The molecule has 0 spiro atoms. The van der Waals surface area contributed by atoms with Crippen LogP contribution >= 0.6 is 23.2 Å². The number of ether oxygens (including phenoxy) is 1. The van der Waals surface area contributed by atoms with Gasteiger partial charge in [0.1, 0.15) is 11.4 Å². The maximum atomic E-state index is 14.2. The Hall–Kier alpha value is -2.87. The number of amides is 2. The molecule has 1 saturated heterocycles. The van der Waals surface area contributed by atoms with Crippen molar-refractivity contribution < 1.29 is 27.1 Å². The predicted molar refractivity (Wildman–Crippen MR) is 132 cm³/mol. The maximum absolute atomic E-state index is 14.2. The van der Waals surface area contributed by atoms with E-state index in [0.29, 0.717) is 31.2 Å². The van der Waals surface area contributed by atoms with Gasteiger partial charge in [0, 0.05) is 13.0 Å². The molecule has 2 atom stereocenters. The van der Waals surface area contributed by atoms with Crippen molar-refractivity contribution in [2.75, 3.05) is 6.54 Å². The van der Waals surface area contributed by atoms with Crippen molar-refractivity contribution >= 4 is 45.0 Å². The van der Waals surface area contributed by atoms with E-state index in [1.54, 1.807) is 18.2 Å². The van der Waals surface area contributed by atoms with Crippen molar-refractivity contribution in [2.24, 2.45) is 0 Å². The van der Waals surface area contributed by atoms with E-state index in [0.717, 1.165) is 0 Å². The number of likely N-dealkylation sites (tertiary alicyclic amines) is 1. The van der Waals surface area contributed by atoms with Crippen molar-refractivity contribution in [2.45, 2.75) is 59.4 Å². The summed E-state index contributed by atoms with van der Waals surface area (Å²) in [6, 6.07) is 12.1. The smallest absolute Gasteiger partial charge is 0.410 e. The van der Waals surface area contributed by atoms with Crippen LogP contribution < -0.4 is 5.32 Å². The number of rotatable bonds is 6. The Bertz CT molecular complexity index is 1440. The summed E-state index contributed by atoms with van der Waals surface area (Å²) in [4.78, 5) is 27.6. The van der Waals surface area contributed by atoms with Gasteiger partial charge in [-0.25, -0.2) is 17.6 Å². The number of nitriles is 1. The average Bonchev–Trinajstić information content (AvgIpc) is 3.78. The second-order valence-electron chi connectivity index (χ2n) is 9.68. The molecule has 2 aliphatic carbocycles. The molecule has 194 valence electrons. The number of hydrogen-bond donors (Lipinski definition) is 1. The standard InChI is InChI=1S/C25H22Cl2FN3O5S/c26-17-6-5-15(11-19(17)28)25(9-10-25)22(32)31-13-16(37(34,35)20-4-2-1-3-18(20)27)12-21(31)36-23(33)30-24(14-29)7-8-24/h1-6,11,16,21H,7-10,12-13H2,(H,30,33)/t16-,21+/m1/s1. The molecule has 2 saturated carbocycles. The summed E-state index contributed by atoms with van der Waals surface area (Å²) in [6.07, 6.45) is -0.527. The van der Waals surface area contributed by atoms with Gasteiger partial charge in [-0.3, -0.25) is 4.79 Å². The fourth-order valence-corrected chi connectivity index (χ4v) is 7.04. The molecule has 3 aliphatic rings. The summed E-state index contributed by atoms with van der Waals surface area (Å²) in [5, 5.41) is 10.6. The summed E-state index contributed by atoms with van der Waals surface area (Å²) < 4.78 is 46.7. The van der Waals surface area contributed by atoms with E-state index in [1.165, 1.54) is 29.2 Å². The van der Waals surface area contributed by atoms with Gasteiger partial charge in [-0.05, 0) is 55.5 Å². The molecule has 0 unspecified atom stereocenters. The molecule has 12 heteroatoms. The quantitative estimate of drug-likeness (QED) is 0.556. The third kappa shape index (κ3) is 4.65. The van der Waals surface area contributed by atoms with E-state index in [2.05, 4.69) is 5.32 Å². The predicted octanol–water partition coefficient (Wildman–Crippen LogP) is 4.35. The minimum absolute atomic E-state index is 0.0440. The lowest BCUT2D eigenvalue weighted by Gasteiger charge is -2.29. The van der Waals surface area contributed by atoms with Gasteiger partial charge < -0.3 is 15.0 Å². The second-order valence-corrected chi connectivity index (χ2v) is 12.7. The van der Waals surface area contributed by atoms with Crippen molar-refractivity contribution in [3.05, 3.63) is 63.9 Å². The Morgan fingerprint density at radius 2 is 1.81 bits per heavy atom. The van der Waals surface area contributed by atoms with Crippen LogP contribution in [0.1, 0.15) is 37.7 Å². The third-order valence-corrected chi connectivity index (χ3v) is 10.2. The molecule has 1 aliphatic heterocycles.